The number of likely N-dealkylation sites (tertiary alicyclic amines) is 1. The molecule has 1 aromatic heterocycles. The lowest BCUT2D eigenvalue weighted by atomic mass is 10.1. The third-order valence-corrected chi connectivity index (χ3v) is 5.43. The molecule has 2 saturated heterocycles. The van der Waals surface area contributed by atoms with Gasteiger partial charge in [0, 0.05) is 29.4 Å². The van der Waals surface area contributed by atoms with Gasteiger partial charge in [0.2, 0.25) is 0 Å². The number of rotatable bonds is 6. The van der Waals surface area contributed by atoms with Crippen LogP contribution < -0.4 is 0 Å². The van der Waals surface area contributed by atoms with Crippen LogP contribution in [0.4, 0.5) is 0 Å². The van der Waals surface area contributed by atoms with E-state index in [4.69, 9.17) is 9.47 Å². The highest BCUT2D eigenvalue weighted by Crippen LogP contribution is 2.21. The SMILES string of the molecule is CN(Cc1ccc(CN2CCCCC2)s1)C[C@@H]1COCCO1. The van der Waals surface area contributed by atoms with Gasteiger partial charge in [0.05, 0.1) is 25.9 Å². The summed E-state index contributed by atoms with van der Waals surface area (Å²) < 4.78 is 11.2. The summed E-state index contributed by atoms with van der Waals surface area (Å²) in [6, 6.07) is 4.60. The molecule has 0 radical (unpaired) electrons. The summed E-state index contributed by atoms with van der Waals surface area (Å²) in [7, 11) is 2.17. The van der Waals surface area contributed by atoms with E-state index in [2.05, 4.69) is 29.0 Å². The number of hydrogen-bond acceptors (Lipinski definition) is 5. The third-order valence-electron chi connectivity index (χ3n) is 4.37. The molecule has 0 saturated carbocycles. The van der Waals surface area contributed by atoms with Crippen molar-refractivity contribution >= 4 is 11.3 Å². The zero-order valence-corrected chi connectivity index (χ0v) is 14.4. The Bertz CT molecular complexity index is 440. The minimum absolute atomic E-state index is 0.228. The molecule has 0 N–H and O–H groups in total. The number of piperidine rings is 1. The van der Waals surface area contributed by atoms with Gasteiger partial charge in [0.15, 0.2) is 0 Å². The molecule has 22 heavy (non-hydrogen) atoms. The third kappa shape index (κ3) is 5.03. The zero-order chi connectivity index (χ0) is 15.2. The van der Waals surface area contributed by atoms with E-state index in [0.717, 1.165) is 39.5 Å². The van der Waals surface area contributed by atoms with Crippen LogP contribution in [0.15, 0.2) is 12.1 Å². The van der Waals surface area contributed by atoms with Crippen LogP contribution in [0.2, 0.25) is 0 Å². The first-order chi connectivity index (χ1) is 10.8. The summed E-state index contributed by atoms with van der Waals surface area (Å²) in [4.78, 5) is 7.89. The first-order valence-electron chi connectivity index (χ1n) is 8.47. The molecule has 0 unspecified atom stereocenters. The number of ether oxygens (including phenoxy) is 2. The fourth-order valence-corrected chi connectivity index (χ4v) is 4.39. The van der Waals surface area contributed by atoms with Crippen LogP contribution in [-0.2, 0) is 22.6 Å². The van der Waals surface area contributed by atoms with Crippen LogP contribution in [0.5, 0.6) is 0 Å². The Morgan fingerprint density at radius 3 is 2.77 bits per heavy atom. The van der Waals surface area contributed by atoms with Gasteiger partial charge in [-0.15, -0.1) is 11.3 Å². The Hall–Kier alpha value is -0.460. The summed E-state index contributed by atoms with van der Waals surface area (Å²) in [6.45, 7) is 7.83. The largest absolute Gasteiger partial charge is 0.376 e. The maximum absolute atomic E-state index is 5.72. The van der Waals surface area contributed by atoms with Gasteiger partial charge < -0.3 is 9.47 Å². The molecule has 0 spiro atoms. The minimum atomic E-state index is 0.228. The van der Waals surface area contributed by atoms with Crippen molar-refractivity contribution in [1.82, 2.24) is 9.80 Å². The quantitative estimate of drug-likeness (QED) is 0.803. The normalized spacial score (nSPS) is 24.0. The predicted molar refractivity (Wildman–Crippen MR) is 90.3 cm³/mol. The highest BCUT2D eigenvalue weighted by atomic mass is 32.1. The van der Waals surface area contributed by atoms with E-state index in [0.29, 0.717) is 0 Å². The van der Waals surface area contributed by atoms with E-state index in [-0.39, 0.29) is 6.10 Å². The number of nitrogens with zero attached hydrogens (tertiary/aromatic N) is 2. The second kappa shape index (κ2) is 8.41. The highest BCUT2D eigenvalue weighted by Gasteiger charge is 2.17. The number of thiophene rings is 1. The van der Waals surface area contributed by atoms with Gasteiger partial charge in [-0.2, -0.15) is 0 Å². The second-order valence-corrected chi connectivity index (χ2v) is 7.72. The van der Waals surface area contributed by atoms with E-state index >= 15 is 0 Å². The summed E-state index contributed by atoms with van der Waals surface area (Å²) in [5.74, 6) is 0. The van der Waals surface area contributed by atoms with Gasteiger partial charge in [-0.05, 0) is 45.1 Å². The van der Waals surface area contributed by atoms with Crippen molar-refractivity contribution in [3.8, 4) is 0 Å². The molecule has 0 bridgehead atoms. The van der Waals surface area contributed by atoms with Gasteiger partial charge in [-0.3, -0.25) is 9.80 Å². The van der Waals surface area contributed by atoms with Crippen molar-refractivity contribution in [3.05, 3.63) is 21.9 Å². The summed E-state index contributed by atoms with van der Waals surface area (Å²) >= 11 is 1.96. The molecule has 3 rings (SSSR count). The van der Waals surface area contributed by atoms with Crippen molar-refractivity contribution in [1.29, 1.82) is 0 Å². The van der Waals surface area contributed by atoms with Crippen LogP contribution >= 0.6 is 11.3 Å². The summed E-state index contributed by atoms with van der Waals surface area (Å²) in [6.07, 6.45) is 4.37. The molecular formula is C17H28N2O2S. The smallest absolute Gasteiger partial charge is 0.0936 e. The summed E-state index contributed by atoms with van der Waals surface area (Å²) in [5.41, 5.74) is 0. The average Bonchev–Trinajstić information content (AvgIpc) is 2.96. The lowest BCUT2D eigenvalue weighted by Gasteiger charge is -2.27. The van der Waals surface area contributed by atoms with Crippen LogP contribution in [0, 0.1) is 0 Å². The summed E-state index contributed by atoms with van der Waals surface area (Å²) in [5, 5.41) is 0. The molecule has 2 aliphatic rings. The van der Waals surface area contributed by atoms with Gasteiger partial charge in [0.25, 0.3) is 0 Å². The van der Waals surface area contributed by atoms with Crippen molar-refractivity contribution in [2.45, 2.75) is 38.5 Å². The van der Waals surface area contributed by atoms with Crippen molar-refractivity contribution in [2.75, 3.05) is 46.5 Å². The molecule has 5 heteroatoms. The van der Waals surface area contributed by atoms with Crippen LogP contribution in [0.25, 0.3) is 0 Å². The van der Waals surface area contributed by atoms with E-state index in [1.807, 2.05) is 11.3 Å². The Morgan fingerprint density at radius 2 is 2.00 bits per heavy atom. The zero-order valence-electron chi connectivity index (χ0n) is 13.6. The van der Waals surface area contributed by atoms with Crippen molar-refractivity contribution < 1.29 is 9.47 Å². The minimum Gasteiger partial charge on any atom is -0.376 e. The maximum Gasteiger partial charge on any atom is 0.0936 e. The average molecular weight is 324 g/mol. The van der Waals surface area contributed by atoms with Crippen LogP contribution in [0.1, 0.15) is 29.0 Å². The van der Waals surface area contributed by atoms with E-state index in [1.54, 1.807) is 0 Å². The van der Waals surface area contributed by atoms with E-state index < -0.39 is 0 Å². The Labute approximate surface area is 138 Å². The van der Waals surface area contributed by atoms with E-state index in [9.17, 15) is 0 Å². The fourth-order valence-electron chi connectivity index (χ4n) is 3.25. The van der Waals surface area contributed by atoms with Gasteiger partial charge in [-0.25, -0.2) is 0 Å². The van der Waals surface area contributed by atoms with E-state index in [1.165, 1.54) is 42.1 Å². The lowest BCUT2D eigenvalue weighted by molar-refractivity contribution is -0.0962. The Kier molecular flexibility index (Phi) is 6.27. The molecule has 2 aliphatic heterocycles. The topological polar surface area (TPSA) is 24.9 Å². The molecule has 0 aromatic carbocycles. The van der Waals surface area contributed by atoms with Gasteiger partial charge in [-0.1, -0.05) is 6.42 Å². The van der Waals surface area contributed by atoms with Crippen LogP contribution in [0.3, 0.4) is 0 Å². The Balaban J connectivity index is 1.44. The molecule has 4 nitrogen and oxygen atoms in total. The standard InChI is InChI=1S/C17H28N2O2S/c1-18(11-15-14-20-9-10-21-15)12-16-5-6-17(22-16)13-19-7-3-2-4-8-19/h5-6,15H,2-4,7-14H2,1H3/t15-/m1/s1. The maximum atomic E-state index is 5.72. The first-order valence-corrected chi connectivity index (χ1v) is 9.29. The first kappa shape index (κ1) is 16.4. The molecule has 3 heterocycles. The molecule has 0 amide bonds. The monoisotopic (exact) mass is 324 g/mol. The number of likely N-dealkylation sites (N-methyl/N-ethyl adjacent to an activating group) is 1. The second-order valence-electron chi connectivity index (χ2n) is 6.47. The molecule has 124 valence electrons. The molecule has 1 aromatic rings. The highest BCUT2D eigenvalue weighted by molar-refractivity contribution is 7.11. The van der Waals surface area contributed by atoms with Gasteiger partial charge in [0.1, 0.15) is 0 Å². The lowest BCUT2D eigenvalue weighted by Crippen LogP contribution is -2.38. The molecule has 1 atom stereocenters. The number of hydrogen-bond donors (Lipinski definition) is 0. The predicted octanol–water partition coefficient (Wildman–Crippen LogP) is 2.58. The molecular weight excluding hydrogens is 296 g/mol. The van der Waals surface area contributed by atoms with Crippen molar-refractivity contribution in [2.24, 2.45) is 0 Å². The van der Waals surface area contributed by atoms with Crippen LogP contribution in [-0.4, -0.2) is 62.4 Å². The van der Waals surface area contributed by atoms with Crippen molar-refractivity contribution in [3.63, 3.8) is 0 Å². The van der Waals surface area contributed by atoms with Gasteiger partial charge >= 0.3 is 0 Å². The Morgan fingerprint density at radius 1 is 1.18 bits per heavy atom. The fraction of sp³-hybridized carbons (Fsp3) is 0.765. The molecule has 2 fully saturated rings. The molecule has 0 aliphatic carbocycles.